The third-order valence-corrected chi connectivity index (χ3v) is 4.93. The molecule has 5 heteroatoms. The Balaban J connectivity index is 2.46. The van der Waals surface area contributed by atoms with Crippen LogP contribution in [0.4, 0.5) is 0 Å². The van der Waals surface area contributed by atoms with Crippen molar-refractivity contribution in [3.8, 4) is 0 Å². The van der Waals surface area contributed by atoms with Crippen LogP contribution in [-0.2, 0) is 19.7 Å². The van der Waals surface area contributed by atoms with Gasteiger partial charge >= 0.3 is 0 Å². The number of Topliss-reactive ketones (excluding diaryl/α,β-unsaturated/α-hetero) is 1. The Bertz CT molecular complexity index is 726. The zero-order valence-electron chi connectivity index (χ0n) is 17.2. The predicted molar refractivity (Wildman–Crippen MR) is 106 cm³/mol. The summed E-state index contributed by atoms with van der Waals surface area (Å²) >= 11 is 0. The summed E-state index contributed by atoms with van der Waals surface area (Å²) < 4.78 is 5.09. The first-order valence-electron chi connectivity index (χ1n) is 9.47. The lowest BCUT2D eigenvalue weighted by atomic mass is 9.85. The number of nitrogens with zero attached hydrogens (tertiary/aromatic N) is 1. The van der Waals surface area contributed by atoms with E-state index < -0.39 is 17.7 Å². The molecule has 5 nitrogen and oxygen atoms in total. The lowest BCUT2D eigenvalue weighted by molar-refractivity contribution is -0.129. The molecule has 1 atom stereocenters. The topological polar surface area (TPSA) is 66.8 Å². The van der Waals surface area contributed by atoms with Crippen LogP contribution in [0, 0.1) is 5.92 Å². The van der Waals surface area contributed by atoms with E-state index in [-0.39, 0.29) is 22.7 Å². The molecule has 0 spiro atoms. The van der Waals surface area contributed by atoms with Gasteiger partial charge in [-0.25, -0.2) is 0 Å². The fourth-order valence-electron chi connectivity index (χ4n) is 3.34. The number of carbonyl (C=O) groups excluding carboxylic acids is 2. The van der Waals surface area contributed by atoms with Crippen LogP contribution >= 0.6 is 0 Å². The molecule has 0 aliphatic carbocycles. The van der Waals surface area contributed by atoms with Crippen molar-refractivity contribution in [3.63, 3.8) is 0 Å². The number of benzene rings is 1. The Morgan fingerprint density at radius 3 is 2.30 bits per heavy atom. The van der Waals surface area contributed by atoms with Gasteiger partial charge in [-0.2, -0.15) is 0 Å². The van der Waals surface area contributed by atoms with Crippen LogP contribution < -0.4 is 0 Å². The van der Waals surface area contributed by atoms with Gasteiger partial charge in [0.25, 0.3) is 5.91 Å². The number of ketones is 1. The van der Waals surface area contributed by atoms with Crippen molar-refractivity contribution in [2.24, 2.45) is 5.92 Å². The molecule has 0 radical (unpaired) electrons. The molecule has 2 rings (SSSR count). The Morgan fingerprint density at radius 2 is 1.81 bits per heavy atom. The van der Waals surface area contributed by atoms with Crippen LogP contribution in [-0.4, -0.2) is 42.0 Å². The highest BCUT2D eigenvalue weighted by Crippen LogP contribution is 2.39. The molecule has 27 heavy (non-hydrogen) atoms. The molecular weight excluding hydrogens is 342 g/mol. The molecule has 148 valence electrons. The number of amides is 1. The molecule has 1 heterocycles. The van der Waals surface area contributed by atoms with Gasteiger partial charge < -0.3 is 14.7 Å². The minimum Gasteiger partial charge on any atom is -0.503 e. The Kier molecular flexibility index (Phi) is 6.47. The normalized spacial score (nSPS) is 18.0. The highest BCUT2D eigenvalue weighted by Gasteiger charge is 2.43. The van der Waals surface area contributed by atoms with Crippen LogP contribution in [0.3, 0.4) is 0 Å². The largest absolute Gasteiger partial charge is 0.503 e. The van der Waals surface area contributed by atoms with E-state index in [0.29, 0.717) is 19.6 Å². The van der Waals surface area contributed by atoms with Gasteiger partial charge in [0.15, 0.2) is 11.5 Å². The molecule has 0 aromatic heterocycles. The van der Waals surface area contributed by atoms with E-state index in [2.05, 4.69) is 20.8 Å². The molecule has 1 unspecified atom stereocenters. The summed E-state index contributed by atoms with van der Waals surface area (Å²) in [6.07, 6.45) is 0.634. The summed E-state index contributed by atoms with van der Waals surface area (Å²) in [5.74, 6) is -1.40. The van der Waals surface area contributed by atoms with Crippen molar-refractivity contribution < 1.29 is 19.4 Å². The van der Waals surface area contributed by atoms with E-state index in [4.69, 9.17) is 4.74 Å². The summed E-state index contributed by atoms with van der Waals surface area (Å²) in [5, 5.41) is 10.5. The first kappa shape index (κ1) is 21.2. The van der Waals surface area contributed by atoms with Crippen LogP contribution in [0.5, 0.6) is 0 Å². The van der Waals surface area contributed by atoms with Crippen molar-refractivity contribution in [1.29, 1.82) is 0 Å². The molecule has 1 N–H and O–H groups in total. The van der Waals surface area contributed by atoms with Gasteiger partial charge in [-0.05, 0) is 23.0 Å². The number of hydrogen-bond acceptors (Lipinski definition) is 4. The maximum Gasteiger partial charge on any atom is 0.290 e. The van der Waals surface area contributed by atoms with Gasteiger partial charge in [0, 0.05) is 26.2 Å². The van der Waals surface area contributed by atoms with Gasteiger partial charge in [0.1, 0.15) is 0 Å². The van der Waals surface area contributed by atoms with E-state index in [1.54, 1.807) is 25.9 Å². The van der Waals surface area contributed by atoms with Gasteiger partial charge in [-0.1, -0.05) is 58.9 Å². The maximum atomic E-state index is 12.8. The number of aliphatic hydroxyl groups excluding tert-OH is 1. The number of ether oxygens (including phenoxy) is 1. The summed E-state index contributed by atoms with van der Waals surface area (Å²) in [6, 6.07) is 7.40. The van der Waals surface area contributed by atoms with Crippen molar-refractivity contribution in [2.45, 2.75) is 52.5 Å². The van der Waals surface area contributed by atoms with Gasteiger partial charge in [0.2, 0.25) is 0 Å². The summed E-state index contributed by atoms with van der Waals surface area (Å²) in [6.45, 7) is 10.9. The minimum atomic E-state index is -0.557. The molecule has 1 aliphatic heterocycles. The van der Waals surface area contributed by atoms with Crippen molar-refractivity contribution in [2.75, 3.05) is 20.3 Å². The quantitative estimate of drug-likeness (QED) is 0.735. The lowest BCUT2D eigenvalue weighted by Crippen LogP contribution is -2.33. The average Bonchev–Trinajstić information content (AvgIpc) is 2.85. The molecule has 0 fully saturated rings. The van der Waals surface area contributed by atoms with E-state index in [9.17, 15) is 14.7 Å². The molecule has 1 aromatic rings. The number of rotatable bonds is 7. The first-order chi connectivity index (χ1) is 12.6. The second-order valence-corrected chi connectivity index (χ2v) is 8.40. The van der Waals surface area contributed by atoms with Crippen LogP contribution in [0.25, 0.3) is 0 Å². The summed E-state index contributed by atoms with van der Waals surface area (Å²) in [5.41, 5.74) is 2.22. The highest BCUT2D eigenvalue weighted by molar-refractivity contribution is 6.09. The van der Waals surface area contributed by atoms with E-state index >= 15 is 0 Å². The average molecular weight is 373 g/mol. The fourth-order valence-corrected chi connectivity index (χ4v) is 3.34. The Hall–Kier alpha value is -2.14. The zero-order valence-corrected chi connectivity index (χ0v) is 17.2. The standard InChI is InChI=1S/C22H31NO4/c1-14(2)19(24)17-18(15-8-10-16(11-9-15)22(3,4)5)23(12-7-13-27-6)21(26)20(17)25/h8-11,14,18,25H,7,12-13H2,1-6H3. The van der Waals surface area contributed by atoms with E-state index in [1.165, 1.54) is 5.56 Å². The third-order valence-electron chi connectivity index (χ3n) is 4.93. The SMILES string of the molecule is COCCCN1C(=O)C(O)=C(C(=O)C(C)C)C1c1ccc(C(C)(C)C)cc1. The second-order valence-electron chi connectivity index (χ2n) is 8.40. The van der Waals surface area contributed by atoms with Crippen molar-refractivity contribution >= 4 is 11.7 Å². The highest BCUT2D eigenvalue weighted by atomic mass is 16.5. The second kappa shape index (κ2) is 8.26. The minimum absolute atomic E-state index is 0.0107. The van der Waals surface area contributed by atoms with Crippen LogP contribution in [0.2, 0.25) is 0 Å². The lowest BCUT2D eigenvalue weighted by Gasteiger charge is -2.28. The monoisotopic (exact) mass is 373 g/mol. The Morgan fingerprint density at radius 1 is 1.22 bits per heavy atom. The smallest absolute Gasteiger partial charge is 0.290 e. The van der Waals surface area contributed by atoms with Crippen molar-refractivity contribution in [3.05, 3.63) is 46.7 Å². The number of carbonyl (C=O) groups is 2. The van der Waals surface area contributed by atoms with Gasteiger partial charge in [-0.15, -0.1) is 0 Å². The van der Waals surface area contributed by atoms with Crippen LogP contribution in [0.15, 0.2) is 35.6 Å². The molecule has 0 saturated heterocycles. The third kappa shape index (κ3) is 4.41. The molecular formula is C22H31NO4. The molecule has 1 amide bonds. The summed E-state index contributed by atoms with van der Waals surface area (Å²) in [4.78, 5) is 27.0. The number of aliphatic hydroxyl groups is 1. The summed E-state index contributed by atoms with van der Waals surface area (Å²) in [7, 11) is 1.61. The zero-order chi connectivity index (χ0) is 20.4. The number of methoxy groups -OCH3 is 1. The van der Waals surface area contributed by atoms with Gasteiger partial charge in [-0.3, -0.25) is 9.59 Å². The Labute approximate surface area is 162 Å². The molecule has 1 aromatic carbocycles. The molecule has 1 aliphatic rings. The van der Waals surface area contributed by atoms with E-state index in [0.717, 1.165) is 5.56 Å². The fraction of sp³-hybridized carbons (Fsp3) is 0.545. The maximum absolute atomic E-state index is 12.8. The number of hydrogen-bond donors (Lipinski definition) is 1. The van der Waals surface area contributed by atoms with Gasteiger partial charge in [0.05, 0.1) is 11.6 Å². The molecule has 0 saturated carbocycles. The first-order valence-corrected chi connectivity index (χ1v) is 9.47. The van der Waals surface area contributed by atoms with Crippen LogP contribution in [0.1, 0.15) is 58.2 Å². The predicted octanol–water partition coefficient (Wildman–Crippen LogP) is 3.94. The molecule has 0 bridgehead atoms. The van der Waals surface area contributed by atoms with Crippen molar-refractivity contribution in [1.82, 2.24) is 4.90 Å². The van der Waals surface area contributed by atoms with E-state index in [1.807, 2.05) is 24.3 Å².